The average Bonchev–Trinajstić information content (AvgIpc) is 3.21. The number of rotatable bonds is 4. The van der Waals surface area contributed by atoms with Crippen molar-refractivity contribution < 1.29 is 9.59 Å². The maximum absolute atomic E-state index is 12.5. The van der Waals surface area contributed by atoms with Crippen molar-refractivity contribution in [2.45, 2.75) is 46.0 Å². The van der Waals surface area contributed by atoms with Crippen LogP contribution in [0.3, 0.4) is 0 Å². The fourth-order valence-electron chi connectivity index (χ4n) is 2.83. The summed E-state index contributed by atoms with van der Waals surface area (Å²) in [5.74, 6) is -0.583. The van der Waals surface area contributed by atoms with Crippen LogP contribution in [0, 0.1) is 5.92 Å². The number of amides is 2. The summed E-state index contributed by atoms with van der Waals surface area (Å²) in [5.41, 5.74) is 1.96. The van der Waals surface area contributed by atoms with Gasteiger partial charge in [0.15, 0.2) is 0 Å². The van der Waals surface area contributed by atoms with Gasteiger partial charge >= 0.3 is 0 Å². The Labute approximate surface area is 157 Å². The van der Waals surface area contributed by atoms with Crippen LogP contribution in [0.25, 0.3) is 0 Å². The van der Waals surface area contributed by atoms with E-state index in [0.717, 1.165) is 17.1 Å². The quantitative estimate of drug-likeness (QED) is 0.893. The highest BCUT2D eigenvalue weighted by molar-refractivity contribution is 7.15. The van der Waals surface area contributed by atoms with E-state index in [9.17, 15) is 9.59 Å². The van der Waals surface area contributed by atoms with Gasteiger partial charge in [-0.25, -0.2) is 0 Å². The molecule has 0 aliphatic carbocycles. The van der Waals surface area contributed by atoms with Crippen LogP contribution in [0.2, 0.25) is 0 Å². The third-order valence-electron chi connectivity index (χ3n) is 4.45. The summed E-state index contributed by atoms with van der Waals surface area (Å²) in [6.07, 6.45) is 1.17. The van der Waals surface area contributed by atoms with E-state index in [2.05, 4.69) is 43.2 Å². The summed E-state index contributed by atoms with van der Waals surface area (Å²) in [6.45, 7) is 8.64. The van der Waals surface area contributed by atoms with Crippen molar-refractivity contribution in [1.29, 1.82) is 0 Å². The molecular formula is C19H24N4O2S. The molecule has 1 fully saturated rings. The van der Waals surface area contributed by atoms with Gasteiger partial charge in [0.1, 0.15) is 5.01 Å². The molecule has 1 aliphatic heterocycles. The molecule has 1 N–H and O–H groups in total. The molecule has 3 rings (SSSR count). The molecule has 0 saturated carbocycles. The zero-order valence-electron chi connectivity index (χ0n) is 15.6. The second-order valence-electron chi connectivity index (χ2n) is 7.58. The zero-order chi connectivity index (χ0) is 18.9. The minimum atomic E-state index is -0.379. The third-order valence-corrected chi connectivity index (χ3v) is 5.71. The second kappa shape index (κ2) is 7.15. The Hall–Kier alpha value is -2.28. The summed E-state index contributed by atoms with van der Waals surface area (Å²) in [7, 11) is 0. The van der Waals surface area contributed by atoms with Crippen LogP contribution in [-0.4, -0.2) is 28.6 Å². The highest BCUT2D eigenvalue weighted by Gasteiger charge is 2.35. The SMILES string of the molecule is CCc1ccc(N2CC(C(=O)Nc3nnc(C(C)(C)C)s3)CC2=O)cc1. The normalized spacial score (nSPS) is 17.6. The standard InChI is InChI=1S/C19H24N4O2S/c1-5-12-6-8-14(9-7-12)23-11-13(10-15(23)24)16(25)20-18-22-21-17(26-18)19(2,3)4/h6-9,13H,5,10-11H2,1-4H3,(H,20,22,25). The van der Waals surface area contributed by atoms with Crippen molar-refractivity contribution in [2.24, 2.45) is 5.92 Å². The van der Waals surface area contributed by atoms with E-state index >= 15 is 0 Å². The second-order valence-corrected chi connectivity index (χ2v) is 8.55. The third kappa shape index (κ3) is 3.93. The molecular weight excluding hydrogens is 348 g/mol. The summed E-state index contributed by atoms with van der Waals surface area (Å²) < 4.78 is 0. The largest absolute Gasteiger partial charge is 0.312 e. The Morgan fingerprint density at radius 2 is 1.96 bits per heavy atom. The van der Waals surface area contributed by atoms with E-state index in [0.29, 0.717) is 11.7 Å². The number of nitrogens with zero attached hydrogens (tertiary/aromatic N) is 3. The maximum Gasteiger partial charge on any atom is 0.231 e. The number of aryl methyl sites for hydroxylation is 1. The van der Waals surface area contributed by atoms with E-state index in [1.54, 1.807) is 4.90 Å². The van der Waals surface area contributed by atoms with Crippen LogP contribution < -0.4 is 10.2 Å². The summed E-state index contributed by atoms with van der Waals surface area (Å²) in [5, 5.41) is 12.4. The highest BCUT2D eigenvalue weighted by Crippen LogP contribution is 2.29. The molecule has 1 unspecified atom stereocenters. The maximum atomic E-state index is 12.5. The first-order valence-corrected chi connectivity index (χ1v) is 9.63. The number of nitrogens with one attached hydrogen (secondary N) is 1. The predicted octanol–water partition coefficient (Wildman–Crippen LogP) is 3.39. The Morgan fingerprint density at radius 3 is 2.54 bits per heavy atom. The lowest BCUT2D eigenvalue weighted by molar-refractivity contribution is -0.122. The lowest BCUT2D eigenvalue weighted by Gasteiger charge is -2.17. The first-order valence-electron chi connectivity index (χ1n) is 8.82. The molecule has 2 amide bonds. The number of aromatic nitrogens is 2. The van der Waals surface area contributed by atoms with Crippen LogP contribution in [-0.2, 0) is 21.4 Å². The highest BCUT2D eigenvalue weighted by atomic mass is 32.1. The van der Waals surface area contributed by atoms with Crippen molar-refractivity contribution in [1.82, 2.24) is 10.2 Å². The molecule has 2 aromatic rings. The van der Waals surface area contributed by atoms with Crippen molar-refractivity contribution in [3.05, 3.63) is 34.8 Å². The molecule has 7 heteroatoms. The Kier molecular flexibility index (Phi) is 5.09. The average molecular weight is 372 g/mol. The van der Waals surface area contributed by atoms with Crippen molar-refractivity contribution in [3.8, 4) is 0 Å². The lowest BCUT2D eigenvalue weighted by Crippen LogP contribution is -2.28. The number of carbonyl (C=O) groups excluding carboxylic acids is 2. The van der Waals surface area contributed by atoms with Gasteiger partial charge in [0.2, 0.25) is 16.9 Å². The predicted molar refractivity (Wildman–Crippen MR) is 104 cm³/mol. The summed E-state index contributed by atoms with van der Waals surface area (Å²) in [6, 6.07) is 7.92. The molecule has 0 spiro atoms. The molecule has 1 aliphatic rings. The molecule has 1 aromatic heterocycles. The van der Waals surface area contributed by atoms with Gasteiger partial charge in [-0.15, -0.1) is 10.2 Å². The number of carbonyl (C=O) groups is 2. The van der Waals surface area contributed by atoms with Gasteiger partial charge in [-0.2, -0.15) is 0 Å². The minimum absolute atomic E-state index is 0.0259. The van der Waals surface area contributed by atoms with E-state index in [4.69, 9.17) is 0 Å². The van der Waals surface area contributed by atoms with Gasteiger partial charge < -0.3 is 10.2 Å². The van der Waals surface area contributed by atoms with Gasteiger partial charge in [0, 0.05) is 24.1 Å². The molecule has 0 bridgehead atoms. The zero-order valence-corrected chi connectivity index (χ0v) is 16.4. The molecule has 6 nitrogen and oxygen atoms in total. The van der Waals surface area contributed by atoms with Gasteiger partial charge in [-0.05, 0) is 24.1 Å². The first-order chi connectivity index (χ1) is 12.3. The lowest BCUT2D eigenvalue weighted by atomic mass is 9.98. The summed E-state index contributed by atoms with van der Waals surface area (Å²) in [4.78, 5) is 26.6. The van der Waals surface area contributed by atoms with Gasteiger partial charge in [0.25, 0.3) is 0 Å². The van der Waals surface area contributed by atoms with Crippen LogP contribution in [0.5, 0.6) is 0 Å². The van der Waals surface area contributed by atoms with Crippen LogP contribution in [0.4, 0.5) is 10.8 Å². The first kappa shape index (κ1) is 18.5. The van der Waals surface area contributed by atoms with Crippen LogP contribution in [0.15, 0.2) is 24.3 Å². The molecule has 2 heterocycles. The van der Waals surface area contributed by atoms with E-state index in [-0.39, 0.29) is 29.6 Å². The van der Waals surface area contributed by atoms with Crippen molar-refractivity contribution in [2.75, 3.05) is 16.8 Å². The van der Waals surface area contributed by atoms with E-state index in [1.807, 2.05) is 24.3 Å². The molecule has 1 aromatic carbocycles. The van der Waals surface area contributed by atoms with Crippen LogP contribution in [0.1, 0.15) is 44.7 Å². The number of hydrogen-bond donors (Lipinski definition) is 1. The Bertz CT molecular complexity index is 808. The van der Waals surface area contributed by atoms with Crippen molar-refractivity contribution >= 4 is 34.0 Å². The molecule has 1 atom stereocenters. The number of benzene rings is 1. The number of anilines is 2. The van der Waals surface area contributed by atoms with E-state index < -0.39 is 0 Å². The topological polar surface area (TPSA) is 75.2 Å². The van der Waals surface area contributed by atoms with Crippen molar-refractivity contribution in [3.63, 3.8) is 0 Å². The molecule has 0 radical (unpaired) electrons. The van der Waals surface area contributed by atoms with Gasteiger partial charge in [-0.3, -0.25) is 9.59 Å². The van der Waals surface area contributed by atoms with Gasteiger partial charge in [-0.1, -0.05) is 51.2 Å². The monoisotopic (exact) mass is 372 g/mol. The Balaban J connectivity index is 1.65. The molecule has 1 saturated heterocycles. The van der Waals surface area contributed by atoms with E-state index in [1.165, 1.54) is 16.9 Å². The summed E-state index contributed by atoms with van der Waals surface area (Å²) >= 11 is 1.38. The van der Waals surface area contributed by atoms with Gasteiger partial charge in [0.05, 0.1) is 5.92 Å². The molecule has 26 heavy (non-hydrogen) atoms. The fourth-order valence-corrected chi connectivity index (χ4v) is 3.63. The number of hydrogen-bond acceptors (Lipinski definition) is 5. The Morgan fingerprint density at radius 1 is 1.27 bits per heavy atom. The minimum Gasteiger partial charge on any atom is -0.312 e. The van der Waals surface area contributed by atoms with Crippen LogP contribution >= 0.6 is 11.3 Å². The molecule has 138 valence electrons. The smallest absolute Gasteiger partial charge is 0.231 e. The fraction of sp³-hybridized carbons (Fsp3) is 0.474.